The molecule has 0 aliphatic heterocycles. The van der Waals surface area contributed by atoms with Crippen molar-refractivity contribution in [2.24, 2.45) is 5.73 Å². The van der Waals surface area contributed by atoms with Crippen LogP contribution in [0.3, 0.4) is 0 Å². The first-order chi connectivity index (χ1) is 6.81. The van der Waals surface area contributed by atoms with Crippen LogP contribution in [0.2, 0.25) is 0 Å². The minimum absolute atomic E-state index is 0.148. The van der Waals surface area contributed by atoms with Gasteiger partial charge in [-0.2, -0.15) is 0 Å². The van der Waals surface area contributed by atoms with Crippen LogP contribution >= 0.6 is 0 Å². The van der Waals surface area contributed by atoms with Gasteiger partial charge in [0.05, 0.1) is 6.42 Å². The van der Waals surface area contributed by atoms with Crippen molar-refractivity contribution >= 4 is 11.9 Å². The summed E-state index contributed by atoms with van der Waals surface area (Å²) in [6, 6.07) is 0.148. The van der Waals surface area contributed by atoms with E-state index in [4.69, 9.17) is 26.2 Å². The van der Waals surface area contributed by atoms with E-state index in [-0.39, 0.29) is 12.6 Å². The molecule has 7 nitrogen and oxygen atoms in total. The highest BCUT2D eigenvalue weighted by Crippen LogP contribution is 1.89. The molecule has 15 heavy (non-hydrogen) atoms. The van der Waals surface area contributed by atoms with Crippen LogP contribution in [-0.2, 0) is 9.59 Å². The highest BCUT2D eigenvalue weighted by atomic mass is 16.4. The average Bonchev–Trinajstić information content (AvgIpc) is 2.03. The molecule has 0 rings (SSSR count). The molecular weight excluding hydrogens is 206 g/mol. The Kier molecular flexibility index (Phi) is 10.2. The van der Waals surface area contributed by atoms with Crippen molar-refractivity contribution in [1.29, 1.82) is 0 Å². The van der Waals surface area contributed by atoms with Crippen molar-refractivity contribution in [3.05, 3.63) is 0 Å². The molecule has 0 amide bonds. The Hall–Kier alpha value is -1.18. The third kappa shape index (κ3) is 15.6. The second kappa shape index (κ2) is 9.38. The first-order valence-electron chi connectivity index (χ1n) is 4.30. The minimum Gasteiger partial charge on any atom is -0.481 e. The van der Waals surface area contributed by atoms with E-state index in [1.807, 2.05) is 6.92 Å². The van der Waals surface area contributed by atoms with Gasteiger partial charge >= 0.3 is 11.9 Å². The van der Waals surface area contributed by atoms with Gasteiger partial charge in [0, 0.05) is 12.6 Å². The lowest BCUT2D eigenvalue weighted by molar-refractivity contribution is -0.152. The van der Waals surface area contributed by atoms with E-state index in [1.165, 1.54) is 0 Å². The van der Waals surface area contributed by atoms with Gasteiger partial charge in [0.1, 0.15) is 0 Å². The van der Waals surface area contributed by atoms with Crippen LogP contribution in [0, 0.1) is 0 Å². The van der Waals surface area contributed by atoms with Gasteiger partial charge in [0.2, 0.25) is 0 Å². The normalized spacial score (nSPS) is 13.3. The zero-order chi connectivity index (χ0) is 12.4. The van der Waals surface area contributed by atoms with E-state index < -0.39 is 24.5 Å². The zero-order valence-electron chi connectivity index (χ0n) is 8.46. The molecule has 1 unspecified atom stereocenters. The molecule has 0 aromatic carbocycles. The molecule has 90 valence electrons. The molecule has 0 saturated heterocycles. The summed E-state index contributed by atoms with van der Waals surface area (Å²) in [6.45, 7) is 2.08. The molecule has 0 aliphatic carbocycles. The van der Waals surface area contributed by atoms with Gasteiger partial charge in [-0.3, -0.25) is 4.79 Å². The van der Waals surface area contributed by atoms with Crippen LogP contribution in [0.1, 0.15) is 19.8 Å². The Morgan fingerprint density at radius 2 is 1.80 bits per heavy atom. The monoisotopic (exact) mass is 223 g/mol. The van der Waals surface area contributed by atoms with E-state index in [2.05, 4.69) is 0 Å². The first-order valence-corrected chi connectivity index (χ1v) is 4.30. The fourth-order valence-electron chi connectivity index (χ4n) is 0.456. The summed E-state index contributed by atoms with van der Waals surface area (Å²) in [4.78, 5) is 19.4. The fourth-order valence-corrected chi connectivity index (χ4v) is 0.456. The van der Waals surface area contributed by atoms with Crippen LogP contribution in [-0.4, -0.2) is 51.1 Å². The lowest BCUT2D eigenvalue weighted by Crippen LogP contribution is -2.22. The second-order valence-electron chi connectivity index (χ2n) is 2.94. The highest BCUT2D eigenvalue weighted by Gasteiger charge is 2.16. The smallest absolute Gasteiger partial charge is 0.333 e. The Labute approximate surface area is 87.1 Å². The lowest BCUT2D eigenvalue weighted by atomic mass is 10.3. The van der Waals surface area contributed by atoms with Crippen LogP contribution in [0.25, 0.3) is 0 Å². The third-order valence-corrected chi connectivity index (χ3v) is 1.24. The van der Waals surface area contributed by atoms with Gasteiger partial charge in [-0.05, 0) is 13.3 Å². The molecule has 0 radical (unpaired) electrons. The number of hydrogen-bond donors (Lipinski definition) is 5. The van der Waals surface area contributed by atoms with E-state index in [0.29, 0.717) is 6.42 Å². The van der Waals surface area contributed by atoms with Crippen LogP contribution < -0.4 is 5.73 Å². The number of aliphatic hydroxyl groups is 2. The molecule has 0 heterocycles. The summed E-state index contributed by atoms with van der Waals surface area (Å²) in [5, 5.41) is 32.3. The van der Waals surface area contributed by atoms with Crippen LogP contribution in [0.4, 0.5) is 0 Å². The number of aliphatic hydroxyl groups excluding tert-OH is 2. The maximum atomic E-state index is 9.72. The molecule has 0 bridgehead atoms. The summed E-state index contributed by atoms with van der Waals surface area (Å²) in [5.74, 6) is -2.85. The lowest BCUT2D eigenvalue weighted by Gasteiger charge is -1.97. The van der Waals surface area contributed by atoms with Crippen molar-refractivity contribution in [3.63, 3.8) is 0 Å². The number of nitrogens with two attached hydrogens (primary N) is 1. The fraction of sp³-hybridized carbons (Fsp3) is 0.750. The number of aliphatic carboxylic acids is 2. The van der Waals surface area contributed by atoms with Crippen molar-refractivity contribution in [1.82, 2.24) is 0 Å². The first kappa shape index (κ1) is 16.3. The number of carboxylic acids is 2. The number of hydrogen-bond acceptors (Lipinski definition) is 5. The largest absolute Gasteiger partial charge is 0.481 e. The SMILES string of the molecule is C[C@H](N)CCO.O=C(O)CC(O)C(=O)O. The molecule has 0 saturated carbocycles. The molecule has 7 heteroatoms. The van der Waals surface area contributed by atoms with E-state index in [0.717, 1.165) is 0 Å². The van der Waals surface area contributed by atoms with Gasteiger partial charge in [-0.15, -0.1) is 0 Å². The van der Waals surface area contributed by atoms with Gasteiger partial charge in [0.25, 0.3) is 0 Å². The molecule has 0 aromatic rings. The number of rotatable bonds is 5. The maximum Gasteiger partial charge on any atom is 0.333 e. The van der Waals surface area contributed by atoms with Gasteiger partial charge in [0.15, 0.2) is 6.10 Å². The number of carbonyl (C=O) groups is 2. The Bertz CT molecular complexity index is 194. The second-order valence-corrected chi connectivity index (χ2v) is 2.94. The topological polar surface area (TPSA) is 141 Å². The van der Waals surface area contributed by atoms with Gasteiger partial charge in [-0.1, -0.05) is 0 Å². The molecule has 0 aromatic heterocycles. The van der Waals surface area contributed by atoms with Crippen molar-refractivity contribution in [3.8, 4) is 0 Å². The summed E-state index contributed by atoms with van der Waals surface area (Å²) < 4.78 is 0. The standard InChI is InChI=1S/C4H11NO.C4H6O5/c1-4(5)2-3-6;5-2(4(8)9)1-3(6)7/h4,6H,2-3,5H2,1H3;2,5H,1H2,(H,6,7)(H,8,9)/t4-;/m0./s1. The molecule has 0 spiro atoms. The van der Waals surface area contributed by atoms with Crippen molar-refractivity contribution in [2.45, 2.75) is 31.9 Å². The van der Waals surface area contributed by atoms with Gasteiger partial charge in [-0.25, -0.2) is 4.79 Å². The van der Waals surface area contributed by atoms with E-state index >= 15 is 0 Å². The summed E-state index contributed by atoms with van der Waals surface area (Å²) >= 11 is 0. The van der Waals surface area contributed by atoms with Crippen molar-refractivity contribution in [2.75, 3.05) is 6.61 Å². The average molecular weight is 223 g/mol. The Balaban J connectivity index is 0. The highest BCUT2D eigenvalue weighted by molar-refractivity contribution is 5.79. The van der Waals surface area contributed by atoms with E-state index in [9.17, 15) is 9.59 Å². The van der Waals surface area contributed by atoms with E-state index in [1.54, 1.807) is 0 Å². The van der Waals surface area contributed by atoms with Crippen molar-refractivity contribution < 1.29 is 30.0 Å². The predicted molar refractivity (Wildman–Crippen MR) is 51.2 cm³/mol. The maximum absolute atomic E-state index is 9.72. The molecule has 0 fully saturated rings. The quantitative estimate of drug-likeness (QED) is 0.387. The van der Waals surface area contributed by atoms with Crippen LogP contribution in [0.15, 0.2) is 0 Å². The molecule has 6 N–H and O–H groups in total. The summed E-state index contributed by atoms with van der Waals surface area (Å²) in [7, 11) is 0. The minimum atomic E-state index is -1.79. The third-order valence-electron chi connectivity index (χ3n) is 1.24. The van der Waals surface area contributed by atoms with Gasteiger partial charge < -0.3 is 26.2 Å². The summed E-state index contributed by atoms with van der Waals surface area (Å²) in [6.07, 6.45) is -1.84. The molecule has 2 atom stereocenters. The Morgan fingerprint density at radius 3 is 1.87 bits per heavy atom. The van der Waals surface area contributed by atoms with Crippen LogP contribution in [0.5, 0.6) is 0 Å². The predicted octanol–water partition coefficient (Wildman–Crippen LogP) is -1.38. The molecular formula is C8H17NO6. The summed E-state index contributed by atoms with van der Waals surface area (Å²) in [5.41, 5.74) is 5.24. The molecule has 0 aliphatic rings. The zero-order valence-corrected chi connectivity index (χ0v) is 8.46. The Morgan fingerprint density at radius 1 is 1.33 bits per heavy atom. The number of carboxylic acid groups (broad SMARTS) is 2.